The molecule has 0 spiro atoms. The average Bonchev–Trinajstić information content (AvgIpc) is 2.27. The van der Waals surface area contributed by atoms with E-state index in [-0.39, 0.29) is 13.2 Å². The van der Waals surface area contributed by atoms with Crippen LogP contribution in [0.5, 0.6) is 0 Å². The molecule has 0 saturated carbocycles. The molecule has 1 atom stereocenters. The Morgan fingerprint density at radius 2 is 2.07 bits per heavy atom. The zero-order chi connectivity index (χ0) is 11.3. The maximum absolute atomic E-state index is 9.17. The Bertz CT molecular complexity index is 315. The Labute approximate surface area is 89.2 Å². The third-order valence-corrected chi connectivity index (χ3v) is 2.22. The number of benzene rings is 1. The lowest BCUT2D eigenvalue weighted by atomic mass is 10.1. The van der Waals surface area contributed by atoms with Crippen LogP contribution in [-0.2, 0) is 6.61 Å². The minimum absolute atomic E-state index is 0.00247. The van der Waals surface area contributed by atoms with Crippen LogP contribution < -0.4 is 5.32 Å². The topological polar surface area (TPSA) is 72.7 Å². The number of hydrogen-bond acceptors (Lipinski definition) is 4. The molecule has 0 aromatic heterocycles. The molecule has 4 nitrogen and oxygen atoms in total. The lowest BCUT2D eigenvalue weighted by molar-refractivity contribution is 0.105. The average molecular weight is 211 g/mol. The third-order valence-electron chi connectivity index (χ3n) is 2.22. The van der Waals surface area contributed by atoms with Crippen LogP contribution in [0.4, 0.5) is 5.69 Å². The van der Waals surface area contributed by atoms with Gasteiger partial charge in [-0.05, 0) is 24.1 Å². The molecule has 4 heteroatoms. The number of aliphatic hydroxyl groups excluding tert-OH is 3. The van der Waals surface area contributed by atoms with Crippen molar-refractivity contribution in [1.29, 1.82) is 0 Å². The summed E-state index contributed by atoms with van der Waals surface area (Å²) in [6, 6.07) is 5.58. The molecule has 84 valence electrons. The monoisotopic (exact) mass is 211 g/mol. The van der Waals surface area contributed by atoms with Crippen LogP contribution in [0.25, 0.3) is 0 Å². The number of rotatable bonds is 5. The summed E-state index contributed by atoms with van der Waals surface area (Å²) in [5.41, 5.74) is 2.73. The summed E-state index contributed by atoms with van der Waals surface area (Å²) in [5.74, 6) is 0. The zero-order valence-electron chi connectivity index (χ0n) is 8.77. The van der Waals surface area contributed by atoms with Gasteiger partial charge in [0.2, 0.25) is 0 Å². The van der Waals surface area contributed by atoms with Crippen molar-refractivity contribution in [3.05, 3.63) is 29.3 Å². The Hall–Kier alpha value is -1.10. The van der Waals surface area contributed by atoms with Crippen molar-refractivity contribution in [1.82, 2.24) is 0 Å². The van der Waals surface area contributed by atoms with Gasteiger partial charge in [0.15, 0.2) is 0 Å². The van der Waals surface area contributed by atoms with E-state index in [2.05, 4.69) is 5.32 Å². The molecule has 0 aliphatic carbocycles. The van der Waals surface area contributed by atoms with Gasteiger partial charge < -0.3 is 20.6 Å². The highest BCUT2D eigenvalue weighted by atomic mass is 16.3. The fourth-order valence-electron chi connectivity index (χ4n) is 1.25. The number of aliphatic hydroxyl groups is 3. The largest absolute Gasteiger partial charge is 0.394 e. The zero-order valence-corrected chi connectivity index (χ0v) is 8.77. The van der Waals surface area contributed by atoms with Crippen LogP contribution in [0.15, 0.2) is 18.2 Å². The molecule has 0 heterocycles. The van der Waals surface area contributed by atoms with Gasteiger partial charge in [0.05, 0.1) is 19.3 Å². The maximum atomic E-state index is 9.17. The lowest BCUT2D eigenvalue weighted by Gasteiger charge is -2.13. The van der Waals surface area contributed by atoms with Crippen LogP contribution >= 0.6 is 0 Å². The Morgan fingerprint density at radius 1 is 1.33 bits per heavy atom. The standard InChI is InChI=1S/C11H17NO3/c1-8-2-3-9(6-13)4-11(8)12-5-10(15)7-14/h2-4,10,12-15H,5-7H2,1H3. The molecular weight excluding hydrogens is 194 g/mol. The molecule has 0 aliphatic heterocycles. The first-order chi connectivity index (χ1) is 7.17. The van der Waals surface area contributed by atoms with Crippen molar-refractivity contribution in [2.24, 2.45) is 0 Å². The van der Waals surface area contributed by atoms with E-state index >= 15 is 0 Å². The second kappa shape index (κ2) is 5.70. The van der Waals surface area contributed by atoms with E-state index in [4.69, 9.17) is 10.2 Å². The molecule has 1 aromatic carbocycles. The quantitative estimate of drug-likeness (QED) is 0.563. The van der Waals surface area contributed by atoms with Gasteiger partial charge in [-0.3, -0.25) is 0 Å². The van der Waals surface area contributed by atoms with Crippen molar-refractivity contribution in [2.75, 3.05) is 18.5 Å². The molecule has 0 aliphatic rings. The van der Waals surface area contributed by atoms with Gasteiger partial charge in [0.1, 0.15) is 0 Å². The van der Waals surface area contributed by atoms with Crippen LogP contribution in [0.1, 0.15) is 11.1 Å². The predicted molar refractivity (Wildman–Crippen MR) is 58.7 cm³/mol. The van der Waals surface area contributed by atoms with Crippen LogP contribution in [0, 0.1) is 6.92 Å². The number of aryl methyl sites for hydroxylation is 1. The van der Waals surface area contributed by atoms with E-state index < -0.39 is 6.10 Å². The summed E-state index contributed by atoms with van der Waals surface area (Å²) in [7, 11) is 0. The van der Waals surface area contributed by atoms with Crippen molar-refractivity contribution < 1.29 is 15.3 Å². The molecule has 0 fully saturated rings. The van der Waals surface area contributed by atoms with E-state index in [0.29, 0.717) is 6.54 Å². The van der Waals surface area contributed by atoms with Crippen molar-refractivity contribution in [3.63, 3.8) is 0 Å². The van der Waals surface area contributed by atoms with Gasteiger partial charge in [-0.25, -0.2) is 0 Å². The maximum Gasteiger partial charge on any atom is 0.0942 e. The van der Waals surface area contributed by atoms with Crippen LogP contribution in [-0.4, -0.2) is 34.6 Å². The minimum atomic E-state index is -0.762. The van der Waals surface area contributed by atoms with Gasteiger partial charge in [-0.1, -0.05) is 12.1 Å². The lowest BCUT2D eigenvalue weighted by Crippen LogP contribution is -2.23. The molecular formula is C11H17NO3. The first kappa shape index (κ1) is 12.0. The summed E-state index contributed by atoms with van der Waals surface area (Å²) >= 11 is 0. The minimum Gasteiger partial charge on any atom is -0.394 e. The van der Waals surface area contributed by atoms with E-state index in [1.165, 1.54) is 0 Å². The van der Waals surface area contributed by atoms with Crippen LogP contribution in [0.3, 0.4) is 0 Å². The van der Waals surface area contributed by atoms with E-state index in [9.17, 15) is 5.11 Å². The molecule has 0 radical (unpaired) electrons. The van der Waals surface area contributed by atoms with E-state index in [1.54, 1.807) is 0 Å². The van der Waals surface area contributed by atoms with E-state index in [1.807, 2.05) is 25.1 Å². The molecule has 1 aromatic rings. The smallest absolute Gasteiger partial charge is 0.0942 e. The molecule has 1 unspecified atom stereocenters. The van der Waals surface area contributed by atoms with Crippen molar-refractivity contribution in [3.8, 4) is 0 Å². The van der Waals surface area contributed by atoms with Gasteiger partial charge in [-0.15, -0.1) is 0 Å². The van der Waals surface area contributed by atoms with E-state index in [0.717, 1.165) is 16.8 Å². The fraction of sp³-hybridized carbons (Fsp3) is 0.455. The molecule has 4 N–H and O–H groups in total. The van der Waals surface area contributed by atoms with Crippen molar-refractivity contribution in [2.45, 2.75) is 19.6 Å². The Kier molecular flexibility index (Phi) is 4.55. The third kappa shape index (κ3) is 3.51. The number of anilines is 1. The number of nitrogens with one attached hydrogen (secondary N) is 1. The molecule has 0 bridgehead atoms. The highest BCUT2D eigenvalue weighted by molar-refractivity contribution is 5.52. The van der Waals surface area contributed by atoms with Crippen LogP contribution in [0.2, 0.25) is 0 Å². The predicted octanol–water partition coefficient (Wildman–Crippen LogP) is 0.252. The fourth-order valence-corrected chi connectivity index (χ4v) is 1.25. The van der Waals surface area contributed by atoms with Gasteiger partial charge in [0.25, 0.3) is 0 Å². The molecule has 15 heavy (non-hydrogen) atoms. The second-order valence-corrected chi connectivity index (χ2v) is 3.52. The molecule has 0 amide bonds. The normalized spacial score (nSPS) is 12.5. The molecule has 0 saturated heterocycles. The Morgan fingerprint density at radius 3 is 2.67 bits per heavy atom. The summed E-state index contributed by atoms with van der Waals surface area (Å²) in [5, 5.41) is 29.8. The highest BCUT2D eigenvalue weighted by Crippen LogP contribution is 2.16. The van der Waals surface area contributed by atoms with Gasteiger partial charge >= 0.3 is 0 Å². The molecule has 1 rings (SSSR count). The summed E-state index contributed by atoms with van der Waals surface area (Å²) in [6.07, 6.45) is -0.762. The van der Waals surface area contributed by atoms with Crippen molar-refractivity contribution >= 4 is 5.69 Å². The summed E-state index contributed by atoms with van der Waals surface area (Å²) < 4.78 is 0. The Balaban J connectivity index is 2.66. The summed E-state index contributed by atoms with van der Waals surface area (Å²) in [4.78, 5) is 0. The highest BCUT2D eigenvalue weighted by Gasteiger charge is 2.03. The first-order valence-electron chi connectivity index (χ1n) is 4.90. The number of hydrogen-bond donors (Lipinski definition) is 4. The van der Waals surface area contributed by atoms with Gasteiger partial charge in [-0.2, -0.15) is 0 Å². The second-order valence-electron chi connectivity index (χ2n) is 3.52. The first-order valence-corrected chi connectivity index (χ1v) is 4.90. The summed E-state index contributed by atoms with van der Waals surface area (Å²) in [6.45, 7) is 1.98. The van der Waals surface area contributed by atoms with Gasteiger partial charge in [0, 0.05) is 12.2 Å². The SMILES string of the molecule is Cc1ccc(CO)cc1NCC(O)CO.